The normalized spacial score (nSPS) is 19.4. The summed E-state index contributed by atoms with van der Waals surface area (Å²) in [5.41, 5.74) is 3.67. The first-order chi connectivity index (χ1) is 16.1. The maximum absolute atomic E-state index is 13.0. The average molecular weight is 505 g/mol. The molecule has 34 heavy (non-hydrogen) atoms. The van der Waals surface area contributed by atoms with Crippen molar-refractivity contribution in [3.05, 3.63) is 76.8 Å². The molecule has 7 nitrogen and oxygen atoms in total. The monoisotopic (exact) mass is 504 g/mol. The van der Waals surface area contributed by atoms with E-state index in [-0.39, 0.29) is 17.2 Å². The molecule has 4 aromatic rings. The predicted octanol–water partition coefficient (Wildman–Crippen LogP) is 5.26. The van der Waals surface area contributed by atoms with E-state index in [1.165, 1.54) is 18.4 Å². The van der Waals surface area contributed by atoms with Crippen molar-refractivity contribution in [3.8, 4) is 16.9 Å². The number of pyridine rings is 2. The molecular weight excluding hydrogens is 486 g/mol. The molecule has 1 unspecified atom stereocenters. The third-order valence-electron chi connectivity index (χ3n) is 5.82. The molecule has 2 N–H and O–H groups in total. The van der Waals surface area contributed by atoms with E-state index in [4.69, 9.17) is 21.1 Å². The highest BCUT2D eigenvalue weighted by Gasteiger charge is 2.37. The van der Waals surface area contributed by atoms with Crippen molar-refractivity contribution in [1.82, 2.24) is 14.4 Å². The van der Waals surface area contributed by atoms with Gasteiger partial charge in [-0.3, -0.25) is 0 Å². The van der Waals surface area contributed by atoms with Crippen LogP contribution in [0.1, 0.15) is 35.4 Å². The Morgan fingerprint density at radius 2 is 2.00 bits per heavy atom. The molecular formula is C23H19ClF2N4O3S. The average Bonchev–Trinajstić information content (AvgIpc) is 3.31. The Bertz CT molecular complexity index is 1510. The quantitative estimate of drug-likeness (QED) is 0.386. The zero-order chi connectivity index (χ0) is 24.2. The summed E-state index contributed by atoms with van der Waals surface area (Å²) < 4.78 is 52.2. The van der Waals surface area contributed by atoms with Crippen LogP contribution < -0.4 is 4.74 Å². The van der Waals surface area contributed by atoms with Crippen LogP contribution >= 0.6 is 11.6 Å². The number of aromatic nitrogens is 3. The van der Waals surface area contributed by atoms with Gasteiger partial charge < -0.3 is 14.2 Å². The standard InChI is InChI=1S/C23H19ClF2N4O3S/c1-34(27,32)20-7-3-12(10-28-20)13-2-6-19-29-21-17(31)9-16(22(21)30(19)11-13)15-8-14(24)4-5-18(15)33-23(25)26/h2-8,10-11,16-17,23,27,31H,9H2,1H3/t16-,17-,34?/m1/s1. The molecule has 0 radical (unpaired) electrons. The Hall–Kier alpha value is -3.08. The molecule has 3 atom stereocenters. The summed E-state index contributed by atoms with van der Waals surface area (Å²) in [6.07, 6.45) is 4.05. The lowest BCUT2D eigenvalue weighted by atomic mass is 9.95. The maximum atomic E-state index is 13.0. The molecule has 11 heteroatoms. The minimum absolute atomic E-state index is 0.00565. The molecule has 3 heterocycles. The molecule has 0 saturated carbocycles. The third-order valence-corrected chi connectivity index (χ3v) is 7.10. The van der Waals surface area contributed by atoms with Gasteiger partial charge in [-0.25, -0.2) is 19.0 Å². The molecule has 1 aliphatic rings. The van der Waals surface area contributed by atoms with Crippen LogP contribution in [0.5, 0.6) is 5.75 Å². The second-order valence-electron chi connectivity index (χ2n) is 8.12. The zero-order valence-electron chi connectivity index (χ0n) is 17.8. The van der Waals surface area contributed by atoms with E-state index in [1.54, 1.807) is 30.5 Å². The van der Waals surface area contributed by atoms with Gasteiger partial charge in [0.1, 0.15) is 16.4 Å². The van der Waals surface area contributed by atoms with Crippen LogP contribution in [0.3, 0.4) is 0 Å². The van der Waals surface area contributed by atoms with Crippen LogP contribution in [-0.4, -0.2) is 36.6 Å². The van der Waals surface area contributed by atoms with E-state index >= 15 is 0 Å². The fourth-order valence-corrected chi connectivity index (χ4v) is 5.10. The first-order valence-corrected chi connectivity index (χ1v) is 12.6. The fourth-order valence-electron chi connectivity index (χ4n) is 4.34. The topological polar surface area (TPSA) is 101 Å². The molecule has 0 bridgehead atoms. The Balaban J connectivity index is 1.63. The van der Waals surface area contributed by atoms with Gasteiger partial charge in [-0.1, -0.05) is 11.6 Å². The first-order valence-electron chi connectivity index (χ1n) is 10.3. The highest BCUT2D eigenvalue weighted by molar-refractivity contribution is 7.91. The van der Waals surface area contributed by atoms with E-state index in [0.29, 0.717) is 27.6 Å². The SMILES string of the molecule is CS(=N)(=O)c1ccc(-c2ccc3nc4c(n3c2)[C@@H](c2cc(Cl)ccc2OC(F)F)C[C@H]4O)cn1. The summed E-state index contributed by atoms with van der Waals surface area (Å²) in [5.74, 6) is -0.481. The van der Waals surface area contributed by atoms with Gasteiger partial charge in [0, 0.05) is 46.3 Å². The van der Waals surface area contributed by atoms with Crippen LogP contribution in [0.15, 0.2) is 59.9 Å². The lowest BCUT2D eigenvalue weighted by Crippen LogP contribution is -2.08. The molecule has 0 spiro atoms. The van der Waals surface area contributed by atoms with Gasteiger partial charge in [-0.15, -0.1) is 0 Å². The van der Waals surface area contributed by atoms with Crippen LogP contribution in [0, 0.1) is 4.78 Å². The molecule has 5 rings (SSSR count). The number of nitrogens with zero attached hydrogens (tertiary/aromatic N) is 3. The van der Waals surface area contributed by atoms with Gasteiger partial charge in [-0.2, -0.15) is 8.78 Å². The Labute approximate surface area is 199 Å². The number of hydrogen-bond donors (Lipinski definition) is 2. The summed E-state index contributed by atoms with van der Waals surface area (Å²) in [6.45, 7) is -3.00. The van der Waals surface area contributed by atoms with Crippen LogP contribution in [0.25, 0.3) is 16.8 Å². The highest BCUT2D eigenvalue weighted by Crippen LogP contribution is 2.47. The van der Waals surface area contributed by atoms with Crippen molar-refractivity contribution in [2.75, 3.05) is 6.26 Å². The van der Waals surface area contributed by atoms with E-state index < -0.39 is 28.4 Å². The molecule has 1 aromatic carbocycles. The van der Waals surface area contributed by atoms with Crippen molar-refractivity contribution in [2.45, 2.75) is 30.1 Å². The summed E-state index contributed by atoms with van der Waals surface area (Å²) in [5, 5.41) is 11.3. The van der Waals surface area contributed by atoms with Crippen LogP contribution in [0.4, 0.5) is 8.78 Å². The summed E-state index contributed by atoms with van der Waals surface area (Å²) >= 11 is 6.17. The Morgan fingerprint density at radius 3 is 2.68 bits per heavy atom. The van der Waals surface area contributed by atoms with Gasteiger partial charge in [0.05, 0.1) is 27.2 Å². The second-order valence-corrected chi connectivity index (χ2v) is 10.7. The molecule has 0 aliphatic heterocycles. The number of imidazole rings is 1. The van der Waals surface area contributed by atoms with E-state index in [1.807, 2.05) is 16.7 Å². The number of aliphatic hydroxyl groups excluding tert-OH is 1. The number of aliphatic hydroxyl groups is 1. The minimum Gasteiger partial charge on any atom is -0.435 e. The molecule has 176 valence electrons. The lowest BCUT2D eigenvalue weighted by Gasteiger charge is -2.18. The molecule has 3 aromatic heterocycles. The number of fused-ring (bicyclic) bond motifs is 3. The number of halogens is 3. The van der Waals surface area contributed by atoms with E-state index in [9.17, 15) is 18.1 Å². The van der Waals surface area contributed by atoms with Crippen molar-refractivity contribution >= 4 is 27.0 Å². The highest BCUT2D eigenvalue weighted by atomic mass is 35.5. The zero-order valence-corrected chi connectivity index (χ0v) is 19.4. The van der Waals surface area contributed by atoms with Crippen molar-refractivity contribution in [1.29, 1.82) is 4.78 Å². The van der Waals surface area contributed by atoms with Crippen LogP contribution in [0.2, 0.25) is 5.02 Å². The smallest absolute Gasteiger partial charge is 0.387 e. The largest absolute Gasteiger partial charge is 0.435 e. The fraction of sp³-hybridized carbons (Fsp3) is 0.217. The van der Waals surface area contributed by atoms with E-state index in [2.05, 4.69) is 9.97 Å². The number of ether oxygens (including phenoxy) is 1. The number of hydrogen-bond acceptors (Lipinski definition) is 6. The summed E-state index contributed by atoms with van der Waals surface area (Å²) in [6, 6.07) is 11.4. The number of alkyl halides is 2. The summed E-state index contributed by atoms with van der Waals surface area (Å²) in [7, 11) is -2.93. The molecule has 0 fully saturated rings. The number of nitrogens with one attached hydrogen (secondary N) is 1. The minimum atomic E-state index is -3.00. The molecule has 0 saturated heterocycles. The Morgan fingerprint density at radius 1 is 1.24 bits per heavy atom. The van der Waals surface area contributed by atoms with Crippen LogP contribution in [-0.2, 0) is 9.73 Å². The predicted molar refractivity (Wildman–Crippen MR) is 123 cm³/mol. The summed E-state index contributed by atoms with van der Waals surface area (Å²) in [4.78, 5) is 8.72. The third kappa shape index (κ3) is 4.02. The molecule has 0 amide bonds. The van der Waals surface area contributed by atoms with Gasteiger partial charge in [0.2, 0.25) is 0 Å². The van der Waals surface area contributed by atoms with Gasteiger partial charge in [0.15, 0.2) is 0 Å². The number of benzene rings is 1. The molecule has 1 aliphatic carbocycles. The van der Waals surface area contributed by atoms with Gasteiger partial charge in [-0.05, 0) is 48.9 Å². The first kappa shape index (κ1) is 22.7. The Kier molecular flexibility index (Phi) is 5.54. The lowest BCUT2D eigenvalue weighted by molar-refractivity contribution is -0.0506. The van der Waals surface area contributed by atoms with Gasteiger partial charge >= 0.3 is 6.61 Å². The maximum Gasteiger partial charge on any atom is 0.387 e. The van der Waals surface area contributed by atoms with Gasteiger partial charge in [0.25, 0.3) is 0 Å². The number of rotatable bonds is 5. The van der Waals surface area contributed by atoms with Crippen molar-refractivity contribution in [3.63, 3.8) is 0 Å². The second kappa shape index (κ2) is 8.30. The van der Waals surface area contributed by atoms with Crippen molar-refractivity contribution in [2.24, 2.45) is 0 Å². The van der Waals surface area contributed by atoms with E-state index in [0.717, 1.165) is 11.1 Å². The van der Waals surface area contributed by atoms with Crippen molar-refractivity contribution < 1.29 is 22.8 Å².